The molecule has 4 unspecified atom stereocenters. The Bertz CT molecular complexity index is 435. The highest BCUT2D eigenvalue weighted by Gasteiger charge is 2.30. The molecule has 198 valence electrons. The normalized spacial score (nSPS) is 18.3. The Morgan fingerprint density at radius 1 is 0.636 bits per heavy atom. The first-order valence-corrected chi connectivity index (χ1v) is 26.5. The lowest BCUT2D eigenvalue weighted by Gasteiger charge is -2.30. The highest BCUT2D eigenvalue weighted by atomic mass is 33.1. The zero-order valence-electron chi connectivity index (χ0n) is 17.7. The van der Waals surface area contributed by atoms with E-state index in [4.69, 9.17) is 0 Å². The van der Waals surface area contributed by atoms with Gasteiger partial charge >= 0.3 is 0 Å². The van der Waals surface area contributed by atoms with Gasteiger partial charge in [0.05, 0.1) is 32.6 Å². The fourth-order valence-corrected chi connectivity index (χ4v) is 25.7. The maximum absolute atomic E-state index is 4.55. The van der Waals surface area contributed by atoms with Crippen LogP contribution in [-0.2, 0) is 0 Å². The zero-order valence-corrected chi connectivity index (χ0v) is 32.8. The molecule has 0 aromatic carbocycles. The van der Waals surface area contributed by atoms with Crippen LogP contribution in [0.1, 0.15) is 0 Å². The number of thiol groups is 5. The highest BCUT2D eigenvalue weighted by Crippen LogP contribution is 2.52. The minimum absolute atomic E-state index is 0.487. The molecule has 4 atom stereocenters. The third-order valence-corrected chi connectivity index (χ3v) is 26.2. The van der Waals surface area contributed by atoms with Gasteiger partial charge in [-0.1, -0.05) is 21.6 Å². The summed E-state index contributed by atoms with van der Waals surface area (Å²) < 4.78 is 3.45. The maximum atomic E-state index is 4.55. The quantitative estimate of drug-likeness (QED) is 0.0289. The van der Waals surface area contributed by atoms with Gasteiger partial charge in [0.15, 0.2) is 0 Å². The third kappa shape index (κ3) is 17.1. The van der Waals surface area contributed by atoms with Crippen molar-refractivity contribution in [1.82, 2.24) is 0 Å². The van der Waals surface area contributed by atoms with Crippen LogP contribution in [0.5, 0.6) is 0 Å². The number of hydrogen-bond donors (Lipinski definition) is 5. The number of hydrogen-bond acceptors (Lipinski definition) is 18. The van der Waals surface area contributed by atoms with Crippen LogP contribution >= 0.6 is 214 Å². The summed E-state index contributed by atoms with van der Waals surface area (Å²) in [6, 6.07) is 0. The van der Waals surface area contributed by atoms with E-state index in [0.29, 0.717) is 22.9 Å². The molecule has 1 rings (SSSR count). The average molecular weight is 788 g/mol. The predicted molar refractivity (Wildman–Crippen MR) is 211 cm³/mol. The summed E-state index contributed by atoms with van der Waals surface area (Å²) in [6.07, 6.45) is 2.24. The molecule has 18 heteroatoms. The van der Waals surface area contributed by atoms with Gasteiger partial charge in [0.1, 0.15) is 0 Å². The minimum Gasteiger partial charge on any atom is -0.168 e. The van der Waals surface area contributed by atoms with Crippen molar-refractivity contribution >= 4 is 214 Å². The van der Waals surface area contributed by atoms with E-state index in [-0.39, 0.29) is 0 Å². The SMILES string of the molecule is CSC(SSCSC(SCS)C(SCS)SCSC(SCS)C(SCS)SCS)C1SCS1. The molecule has 0 aliphatic carbocycles. The van der Waals surface area contributed by atoms with Crippen LogP contribution in [-0.4, -0.2) is 74.4 Å². The molecule has 0 N–H and O–H groups in total. The van der Waals surface area contributed by atoms with Gasteiger partial charge in [0, 0.05) is 35.6 Å². The van der Waals surface area contributed by atoms with Crippen molar-refractivity contribution in [1.29, 1.82) is 0 Å². The minimum atomic E-state index is 0.487. The molecule has 0 radical (unpaired) electrons. The summed E-state index contributed by atoms with van der Waals surface area (Å²) in [7, 11) is 4.08. The Morgan fingerprint density at radius 2 is 1.03 bits per heavy atom. The first-order valence-electron chi connectivity index (χ1n) is 9.16. The first-order chi connectivity index (χ1) is 16.1. The van der Waals surface area contributed by atoms with E-state index < -0.39 is 0 Å². The highest BCUT2D eigenvalue weighted by molar-refractivity contribution is 8.80. The average Bonchev–Trinajstić information content (AvgIpc) is 2.77. The maximum Gasteiger partial charge on any atom is 0.0813 e. The van der Waals surface area contributed by atoms with Gasteiger partial charge in [0.25, 0.3) is 0 Å². The Morgan fingerprint density at radius 3 is 1.36 bits per heavy atom. The molecule has 0 nitrogen and oxygen atoms in total. The van der Waals surface area contributed by atoms with Gasteiger partial charge in [-0.25, -0.2) is 0 Å². The van der Waals surface area contributed by atoms with Gasteiger partial charge in [-0.15, -0.1) is 129 Å². The molecule has 0 amide bonds. The molecule has 0 saturated carbocycles. The molecule has 1 aliphatic rings. The Hall–Kier alpha value is 6.30. The van der Waals surface area contributed by atoms with E-state index in [1.54, 1.807) is 0 Å². The lowest BCUT2D eigenvalue weighted by atomic mass is 10.9. The van der Waals surface area contributed by atoms with Crippen molar-refractivity contribution in [2.45, 2.75) is 27.5 Å². The Balaban J connectivity index is 2.54. The van der Waals surface area contributed by atoms with Crippen molar-refractivity contribution < 1.29 is 0 Å². The van der Waals surface area contributed by atoms with E-state index in [1.165, 1.54) is 5.08 Å². The smallest absolute Gasteiger partial charge is 0.0813 e. The van der Waals surface area contributed by atoms with Crippen LogP contribution in [0.4, 0.5) is 0 Å². The van der Waals surface area contributed by atoms with Gasteiger partial charge in [-0.3, -0.25) is 0 Å². The Labute approximate surface area is 284 Å². The number of thioether (sulfide) groups is 11. The third-order valence-electron chi connectivity index (χ3n) is 3.47. The van der Waals surface area contributed by atoms with E-state index in [1.807, 2.05) is 93.1 Å². The molecule has 1 fully saturated rings. The van der Waals surface area contributed by atoms with Crippen LogP contribution in [0, 0.1) is 0 Å². The second kappa shape index (κ2) is 26.0. The summed E-state index contributed by atoms with van der Waals surface area (Å²) in [5, 5.41) is 7.66. The summed E-state index contributed by atoms with van der Waals surface area (Å²) >= 11 is 44.5. The largest absolute Gasteiger partial charge is 0.168 e. The molecule has 0 aromatic heterocycles. The van der Waals surface area contributed by atoms with E-state index in [2.05, 4.69) is 127 Å². The first kappa shape index (κ1) is 37.3. The molecule has 33 heavy (non-hydrogen) atoms. The summed E-state index contributed by atoms with van der Waals surface area (Å²) in [4.78, 5) is 0. The molecule has 1 aliphatic heterocycles. The van der Waals surface area contributed by atoms with Gasteiger partial charge in [-0.05, 0) is 6.26 Å². The van der Waals surface area contributed by atoms with Gasteiger partial charge < -0.3 is 0 Å². The fourth-order valence-electron chi connectivity index (χ4n) is 2.05. The van der Waals surface area contributed by atoms with Crippen molar-refractivity contribution in [3.8, 4) is 0 Å². The van der Waals surface area contributed by atoms with Crippen molar-refractivity contribution in [2.24, 2.45) is 0 Å². The fraction of sp³-hybridized carbons (Fsp3) is 1.00. The van der Waals surface area contributed by atoms with E-state index in [0.717, 1.165) is 40.2 Å². The summed E-state index contributed by atoms with van der Waals surface area (Å²) in [6.45, 7) is 0. The molecule has 0 aromatic rings. The second-order valence-electron chi connectivity index (χ2n) is 5.33. The second-order valence-corrected chi connectivity index (χ2v) is 26.7. The van der Waals surface area contributed by atoms with Gasteiger partial charge in [0.2, 0.25) is 0 Å². The van der Waals surface area contributed by atoms with E-state index in [9.17, 15) is 0 Å². The van der Waals surface area contributed by atoms with E-state index >= 15 is 0 Å². The molecular formula is C15H30S18. The van der Waals surface area contributed by atoms with Crippen molar-refractivity contribution in [2.75, 3.05) is 46.9 Å². The molecule has 0 bridgehead atoms. The lowest BCUT2D eigenvalue weighted by molar-refractivity contribution is 1.35. The van der Waals surface area contributed by atoms with Crippen molar-refractivity contribution in [3.63, 3.8) is 0 Å². The predicted octanol–water partition coefficient (Wildman–Crippen LogP) is 10.3. The molecule has 0 spiro atoms. The van der Waals surface area contributed by atoms with Crippen LogP contribution in [0.3, 0.4) is 0 Å². The number of rotatable bonds is 23. The molecule has 1 saturated heterocycles. The summed E-state index contributed by atoms with van der Waals surface area (Å²) in [5.41, 5.74) is 0. The van der Waals surface area contributed by atoms with Crippen molar-refractivity contribution in [3.05, 3.63) is 0 Å². The monoisotopic (exact) mass is 786 g/mol. The van der Waals surface area contributed by atoms with Crippen LogP contribution in [0.25, 0.3) is 0 Å². The summed E-state index contributed by atoms with van der Waals surface area (Å²) in [5.74, 6) is 0. The van der Waals surface area contributed by atoms with Crippen LogP contribution in [0.2, 0.25) is 0 Å². The van der Waals surface area contributed by atoms with Crippen LogP contribution < -0.4 is 0 Å². The van der Waals surface area contributed by atoms with Gasteiger partial charge in [-0.2, -0.15) is 63.1 Å². The molecule has 1 heterocycles. The standard InChI is InChI=1S/C15H30S18/c1-21-10(11-27-7-28-11)33-32-9-31-15(26-6-20)14(25-5-19)30-8-29-13(24-4-18)12(22-2-16)23-3-17/h10-20H,2-9H2,1H3. The zero-order chi connectivity index (χ0) is 24.3. The Kier molecular flexibility index (Phi) is 29.4. The van der Waals surface area contributed by atoms with Crippen LogP contribution in [0.15, 0.2) is 0 Å². The lowest BCUT2D eigenvalue weighted by Crippen LogP contribution is -2.19. The topological polar surface area (TPSA) is 0 Å². The molecular weight excluding hydrogens is 757 g/mol.